The van der Waals surface area contributed by atoms with Crippen molar-refractivity contribution in [3.05, 3.63) is 69.6 Å². The number of nitrogens with zero attached hydrogens (tertiary/aromatic N) is 1. The Balaban J connectivity index is 1.55. The Labute approximate surface area is 183 Å². The van der Waals surface area contributed by atoms with Crippen molar-refractivity contribution >= 4 is 33.9 Å². The quantitative estimate of drug-likeness (QED) is 0.468. The highest BCUT2D eigenvalue weighted by atomic mass is 79.9. The van der Waals surface area contributed by atoms with E-state index in [-0.39, 0.29) is 36.1 Å². The van der Waals surface area contributed by atoms with Crippen LogP contribution in [0.2, 0.25) is 0 Å². The molecule has 1 N–H and O–H groups in total. The lowest BCUT2D eigenvalue weighted by Crippen LogP contribution is -2.41. The third kappa shape index (κ3) is 4.56. The molecule has 2 aromatic rings. The Morgan fingerprint density at radius 1 is 1.10 bits per heavy atom. The molecule has 7 heteroatoms. The molecular formula is C23H22BrFN2O3. The van der Waals surface area contributed by atoms with Gasteiger partial charge < -0.3 is 10.1 Å². The van der Waals surface area contributed by atoms with Crippen LogP contribution in [0.5, 0.6) is 5.75 Å². The number of hydrogen-bond donors (Lipinski definition) is 1. The van der Waals surface area contributed by atoms with Crippen LogP contribution in [0.1, 0.15) is 43.2 Å². The molecule has 0 unspecified atom stereocenters. The van der Waals surface area contributed by atoms with Gasteiger partial charge in [0.05, 0.1) is 0 Å². The van der Waals surface area contributed by atoms with Crippen molar-refractivity contribution in [3.63, 3.8) is 0 Å². The number of carbonyl (C=O) groups is 2. The highest BCUT2D eigenvalue weighted by Gasteiger charge is 2.39. The van der Waals surface area contributed by atoms with Gasteiger partial charge in [0.2, 0.25) is 0 Å². The highest BCUT2D eigenvalue weighted by molar-refractivity contribution is 9.10. The largest absolute Gasteiger partial charge is 0.488 e. The van der Waals surface area contributed by atoms with Crippen LogP contribution in [0.4, 0.5) is 9.18 Å². The fourth-order valence-electron chi connectivity index (χ4n) is 3.88. The molecule has 4 rings (SSSR count). The Morgan fingerprint density at radius 2 is 1.83 bits per heavy atom. The summed E-state index contributed by atoms with van der Waals surface area (Å²) in [6.45, 7) is 0.257. The van der Waals surface area contributed by atoms with E-state index in [4.69, 9.17) is 4.74 Å². The molecule has 1 aliphatic heterocycles. The lowest BCUT2D eigenvalue weighted by atomic mass is 9.94. The van der Waals surface area contributed by atoms with Gasteiger partial charge in [-0.15, -0.1) is 0 Å². The van der Waals surface area contributed by atoms with E-state index in [1.807, 2.05) is 12.1 Å². The number of rotatable bonds is 5. The predicted molar refractivity (Wildman–Crippen MR) is 115 cm³/mol. The summed E-state index contributed by atoms with van der Waals surface area (Å²) in [6.07, 6.45) is 6.58. The van der Waals surface area contributed by atoms with Crippen molar-refractivity contribution in [1.29, 1.82) is 0 Å². The molecule has 0 aromatic heterocycles. The summed E-state index contributed by atoms with van der Waals surface area (Å²) in [5.74, 6) is -0.0321. The molecule has 0 atom stereocenters. The van der Waals surface area contributed by atoms with Crippen LogP contribution >= 0.6 is 15.9 Å². The van der Waals surface area contributed by atoms with Gasteiger partial charge in [-0.2, -0.15) is 0 Å². The Bertz CT molecular complexity index is 984. The van der Waals surface area contributed by atoms with E-state index in [1.54, 1.807) is 24.3 Å². The maximum absolute atomic E-state index is 13.1. The van der Waals surface area contributed by atoms with Gasteiger partial charge in [-0.3, -0.25) is 9.69 Å². The smallest absolute Gasteiger partial charge is 0.329 e. The summed E-state index contributed by atoms with van der Waals surface area (Å²) in [6, 6.07) is 11.2. The first kappa shape index (κ1) is 20.6. The van der Waals surface area contributed by atoms with E-state index >= 15 is 0 Å². The predicted octanol–water partition coefficient (Wildman–Crippen LogP) is 5.39. The maximum Gasteiger partial charge on any atom is 0.329 e. The molecule has 1 saturated carbocycles. The number of hydrogen-bond acceptors (Lipinski definition) is 3. The fourth-order valence-corrected chi connectivity index (χ4v) is 4.26. The van der Waals surface area contributed by atoms with E-state index in [1.165, 1.54) is 17.0 Å². The minimum atomic E-state index is -0.359. The summed E-state index contributed by atoms with van der Waals surface area (Å²) < 4.78 is 19.8. The molecule has 2 aromatic carbocycles. The number of halogens is 2. The van der Waals surface area contributed by atoms with Crippen LogP contribution in [-0.4, -0.2) is 22.9 Å². The zero-order valence-corrected chi connectivity index (χ0v) is 18.0. The molecule has 1 saturated heterocycles. The highest BCUT2D eigenvalue weighted by Crippen LogP contribution is 2.30. The molecule has 1 heterocycles. The number of benzene rings is 2. The van der Waals surface area contributed by atoms with E-state index in [0.717, 1.165) is 42.1 Å². The third-order valence-corrected chi connectivity index (χ3v) is 5.92. The average Bonchev–Trinajstić information content (AvgIpc) is 3.02. The zero-order valence-electron chi connectivity index (χ0n) is 16.4. The van der Waals surface area contributed by atoms with Crippen LogP contribution in [0.15, 0.2) is 52.6 Å². The summed E-state index contributed by atoms with van der Waals surface area (Å²) in [4.78, 5) is 26.7. The molecule has 0 spiro atoms. The lowest BCUT2D eigenvalue weighted by molar-refractivity contribution is -0.124. The molecule has 2 aliphatic rings. The van der Waals surface area contributed by atoms with Crippen molar-refractivity contribution in [2.45, 2.75) is 44.8 Å². The van der Waals surface area contributed by atoms with Gasteiger partial charge >= 0.3 is 6.03 Å². The summed E-state index contributed by atoms with van der Waals surface area (Å²) >= 11 is 3.44. The van der Waals surface area contributed by atoms with Gasteiger partial charge in [0, 0.05) is 16.1 Å². The van der Waals surface area contributed by atoms with Gasteiger partial charge in [0.1, 0.15) is 23.9 Å². The molecule has 30 heavy (non-hydrogen) atoms. The number of nitrogens with one attached hydrogen (secondary N) is 1. The van der Waals surface area contributed by atoms with Gasteiger partial charge in [-0.25, -0.2) is 9.18 Å². The van der Waals surface area contributed by atoms with Gasteiger partial charge in [-0.05, 0) is 54.8 Å². The second-order valence-corrected chi connectivity index (χ2v) is 8.47. The van der Waals surface area contributed by atoms with Crippen LogP contribution in [-0.2, 0) is 11.4 Å². The van der Waals surface area contributed by atoms with Gasteiger partial charge in [-0.1, -0.05) is 47.3 Å². The Morgan fingerprint density at radius 3 is 2.57 bits per heavy atom. The van der Waals surface area contributed by atoms with E-state index in [2.05, 4.69) is 21.2 Å². The lowest BCUT2D eigenvalue weighted by Gasteiger charge is -2.28. The van der Waals surface area contributed by atoms with E-state index < -0.39 is 0 Å². The SMILES string of the molecule is O=C1N/C(=C\c2cc(Br)ccc2OCc2ccc(F)cc2)C(=O)N1C1CCCCC1. The van der Waals surface area contributed by atoms with E-state index in [9.17, 15) is 14.0 Å². The summed E-state index contributed by atoms with van der Waals surface area (Å²) in [7, 11) is 0. The molecule has 5 nitrogen and oxygen atoms in total. The number of amides is 3. The first-order chi connectivity index (χ1) is 14.5. The van der Waals surface area contributed by atoms with Crippen LogP contribution < -0.4 is 10.1 Å². The van der Waals surface area contributed by atoms with Crippen LogP contribution in [0, 0.1) is 5.82 Å². The summed E-state index contributed by atoms with van der Waals surface area (Å²) in [5, 5.41) is 2.71. The molecule has 0 radical (unpaired) electrons. The van der Waals surface area contributed by atoms with Crippen molar-refractivity contribution < 1.29 is 18.7 Å². The first-order valence-corrected chi connectivity index (χ1v) is 10.8. The van der Waals surface area contributed by atoms with Crippen molar-refractivity contribution in [2.24, 2.45) is 0 Å². The van der Waals surface area contributed by atoms with Crippen molar-refractivity contribution in [3.8, 4) is 5.75 Å². The molecule has 156 valence electrons. The number of urea groups is 1. The van der Waals surface area contributed by atoms with Crippen molar-refractivity contribution in [2.75, 3.05) is 0 Å². The Kier molecular flexibility index (Phi) is 6.18. The second kappa shape index (κ2) is 9.00. The normalized spacial score (nSPS) is 18.7. The summed E-state index contributed by atoms with van der Waals surface area (Å²) in [5.41, 5.74) is 1.74. The Hall–Kier alpha value is -2.67. The molecule has 0 bridgehead atoms. The number of imide groups is 1. The van der Waals surface area contributed by atoms with Gasteiger partial charge in [0.15, 0.2) is 0 Å². The number of carbonyl (C=O) groups excluding carboxylic acids is 2. The minimum absolute atomic E-state index is 0.0335. The topological polar surface area (TPSA) is 58.6 Å². The minimum Gasteiger partial charge on any atom is -0.488 e. The third-order valence-electron chi connectivity index (χ3n) is 5.43. The zero-order chi connectivity index (χ0) is 21.1. The molecule has 2 fully saturated rings. The molecule has 3 amide bonds. The van der Waals surface area contributed by atoms with E-state index in [0.29, 0.717) is 11.3 Å². The first-order valence-electron chi connectivity index (χ1n) is 10.0. The number of ether oxygens (including phenoxy) is 1. The molecular weight excluding hydrogens is 451 g/mol. The van der Waals surface area contributed by atoms with Crippen LogP contribution in [0.3, 0.4) is 0 Å². The van der Waals surface area contributed by atoms with Crippen LogP contribution in [0.25, 0.3) is 6.08 Å². The van der Waals surface area contributed by atoms with Gasteiger partial charge in [0.25, 0.3) is 5.91 Å². The van der Waals surface area contributed by atoms with Crippen molar-refractivity contribution in [1.82, 2.24) is 10.2 Å². The standard InChI is InChI=1S/C23H22BrFN2O3/c24-17-8-11-21(30-14-15-6-9-18(25)10-7-15)16(12-17)13-20-22(28)27(23(29)26-20)19-4-2-1-3-5-19/h6-13,19H,1-5,14H2,(H,26,29)/b20-13-. The second-order valence-electron chi connectivity index (χ2n) is 7.55. The average molecular weight is 473 g/mol. The maximum atomic E-state index is 13.1. The molecule has 1 aliphatic carbocycles. The monoisotopic (exact) mass is 472 g/mol. The fraction of sp³-hybridized carbons (Fsp3) is 0.304.